The Morgan fingerprint density at radius 3 is 2.65 bits per heavy atom. The lowest BCUT2D eigenvalue weighted by Crippen LogP contribution is -2.14. The van der Waals surface area contributed by atoms with Gasteiger partial charge in [0, 0.05) is 33.8 Å². The number of hydrogen-bond acceptors (Lipinski definition) is 8. The molecular weight excluding hydrogens is 436 g/mol. The minimum Gasteiger partial charge on any atom is -0.321 e. The van der Waals surface area contributed by atoms with E-state index in [1.54, 1.807) is 54.3 Å². The van der Waals surface area contributed by atoms with Crippen LogP contribution in [0.1, 0.15) is 21.9 Å². The van der Waals surface area contributed by atoms with Crippen molar-refractivity contribution in [1.29, 1.82) is 0 Å². The van der Waals surface area contributed by atoms with Gasteiger partial charge in [-0.3, -0.25) is 14.9 Å². The van der Waals surface area contributed by atoms with Crippen molar-refractivity contribution in [3.05, 3.63) is 81.1 Å². The van der Waals surface area contributed by atoms with E-state index in [2.05, 4.69) is 20.6 Å². The molecule has 0 aliphatic carbocycles. The highest BCUT2D eigenvalue weighted by atomic mass is 32.2. The number of rotatable bonds is 6. The molecule has 2 aromatic carbocycles. The van der Waals surface area contributed by atoms with Crippen LogP contribution in [0.4, 0.5) is 11.4 Å². The first-order chi connectivity index (χ1) is 14.9. The van der Waals surface area contributed by atoms with Gasteiger partial charge in [-0.25, -0.2) is 9.67 Å². The van der Waals surface area contributed by atoms with Crippen molar-refractivity contribution in [3.8, 4) is 5.69 Å². The number of non-ortho nitro benzene ring substituents is 1. The molecule has 0 aliphatic heterocycles. The van der Waals surface area contributed by atoms with Crippen molar-refractivity contribution < 1.29 is 9.72 Å². The first kappa shape index (κ1) is 20.7. The number of aryl methyl sites for hydroxylation is 1. The third-order valence-corrected chi connectivity index (χ3v) is 6.37. The molecule has 156 valence electrons. The molecule has 0 radical (unpaired) electrons. The molecule has 0 spiro atoms. The minimum absolute atomic E-state index is 0.0655. The van der Waals surface area contributed by atoms with Crippen molar-refractivity contribution >= 4 is 40.4 Å². The lowest BCUT2D eigenvalue weighted by molar-refractivity contribution is -0.384. The number of hydrogen-bond donors (Lipinski definition) is 1. The Bertz CT molecular complexity index is 1270. The average Bonchev–Trinajstić information content (AvgIpc) is 3.34. The number of nitro groups is 1. The number of anilines is 1. The molecule has 11 heteroatoms. The number of thiazole rings is 1. The van der Waals surface area contributed by atoms with Gasteiger partial charge in [-0.05, 0) is 44.2 Å². The Hall–Kier alpha value is -3.57. The predicted octanol–water partition coefficient (Wildman–Crippen LogP) is 4.65. The van der Waals surface area contributed by atoms with Gasteiger partial charge in [0.2, 0.25) is 0 Å². The van der Waals surface area contributed by atoms with Crippen LogP contribution >= 0.6 is 23.1 Å². The van der Waals surface area contributed by atoms with Crippen molar-refractivity contribution in [2.75, 3.05) is 5.32 Å². The second kappa shape index (κ2) is 8.66. The number of nitrogens with zero attached hydrogens (tertiary/aromatic N) is 5. The second-order valence-corrected chi connectivity index (χ2v) is 8.73. The van der Waals surface area contributed by atoms with Crippen LogP contribution in [0.3, 0.4) is 0 Å². The fraction of sp³-hybridized carbons (Fsp3) is 0.100. The van der Waals surface area contributed by atoms with E-state index in [1.165, 1.54) is 16.8 Å². The summed E-state index contributed by atoms with van der Waals surface area (Å²) in [6.07, 6.45) is 0. The first-order valence-electron chi connectivity index (χ1n) is 9.09. The van der Waals surface area contributed by atoms with Gasteiger partial charge in [0.15, 0.2) is 10.0 Å². The maximum atomic E-state index is 12.7. The van der Waals surface area contributed by atoms with Crippen molar-refractivity contribution in [3.63, 3.8) is 0 Å². The van der Waals surface area contributed by atoms with E-state index in [0.717, 1.165) is 14.9 Å². The summed E-state index contributed by atoms with van der Waals surface area (Å²) in [5, 5.41) is 23.8. The van der Waals surface area contributed by atoms with Gasteiger partial charge < -0.3 is 5.32 Å². The van der Waals surface area contributed by atoms with Crippen molar-refractivity contribution in [2.24, 2.45) is 0 Å². The zero-order valence-electron chi connectivity index (χ0n) is 16.5. The van der Waals surface area contributed by atoms with Crippen LogP contribution in [-0.2, 0) is 0 Å². The van der Waals surface area contributed by atoms with Gasteiger partial charge in [-0.2, -0.15) is 0 Å². The SMILES string of the molecule is Cc1csc(Sc2ccc(NC(=O)c3nnn(-c4cccc([N+](=O)[O-])c4)c3C)cc2)n1. The molecular formula is C20H16N6O3S2. The smallest absolute Gasteiger partial charge is 0.278 e. The molecule has 9 nitrogen and oxygen atoms in total. The van der Waals surface area contributed by atoms with Gasteiger partial charge >= 0.3 is 0 Å². The molecule has 2 heterocycles. The van der Waals surface area contributed by atoms with Crippen LogP contribution < -0.4 is 5.32 Å². The molecule has 4 rings (SSSR count). The molecule has 1 amide bonds. The molecule has 0 fully saturated rings. The van der Waals surface area contributed by atoms with Gasteiger partial charge in [0.1, 0.15) is 0 Å². The molecule has 1 N–H and O–H groups in total. The number of aromatic nitrogens is 4. The predicted molar refractivity (Wildman–Crippen MR) is 118 cm³/mol. The summed E-state index contributed by atoms with van der Waals surface area (Å²) in [6, 6.07) is 13.4. The second-order valence-electron chi connectivity index (χ2n) is 6.55. The maximum Gasteiger partial charge on any atom is 0.278 e. The topological polar surface area (TPSA) is 116 Å². The summed E-state index contributed by atoms with van der Waals surface area (Å²) in [6.45, 7) is 3.64. The number of nitrogens with one attached hydrogen (secondary N) is 1. The molecule has 0 atom stereocenters. The van der Waals surface area contributed by atoms with E-state index in [0.29, 0.717) is 17.1 Å². The molecule has 4 aromatic rings. The number of carbonyl (C=O) groups excluding carboxylic acids is 1. The van der Waals surface area contributed by atoms with E-state index in [-0.39, 0.29) is 11.4 Å². The van der Waals surface area contributed by atoms with Gasteiger partial charge in [-0.15, -0.1) is 16.4 Å². The van der Waals surface area contributed by atoms with Gasteiger partial charge in [0.25, 0.3) is 11.6 Å². The molecule has 0 aliphatic rings. The lowest BCUT2D eigenvalue weighted by atomic mass is 10.2. The Balaban J connectivity index is 1.48. The van der Waals surface area contributed by atoms with E-state index >= 15 is 0 Å². The van der Waals surface area contributed by atoms with Crippen LogP contribution in [0, 0.1) is 24.0 Å². The first-order valence-corrected chi connectivity index (χ1v) is 10.8. The number of carbonyl (C=O) groups is 1. The molecule has 0 unspecified atom stereocenters. The van der Waals surface area contributed by atoms with Gasteiger partial charge in [0.05, 0.1) is 16.3 Å². The Morgan fingerprint density at radius 2 is 1.97 bits per heavy atom. The van der Waals surface area contributed by atoms with Crippen LogP contribution in [0.25, 0.3) is 5.69 Å². The van der Waals surface area contributed by atoms with Crippen LogP contribution in [0.15, 0.2) is 63.1 Å². The van der Waals surface area contributed by atoms with Crippen molar-refractivity contribution in [2.45, 2.75) is 23.1 Å². The highest BCUT2D eigenvalue weighted by Gasteiger charge is 2.18. The fourth-order valence-corrected chi connectivity index (χ4v) is 4.61. The third kappa shape index (κ3) is 4.62. The third-order valence-electron chi connectivity index (χ3n) is 4.31. The highest BCUT2D eigenvalue weighted by Crippen LogP contribution is 2.31. The van der Waals surface area contributed by atoms with Crippen LogP contribution in [0.5, 0.6) is 0 Å². The Kier molecular flexibility index (Phi) is 5.78. The molecule has 0 saturated carbocycles. The van der Waals surface area contributed by atoms with Crippen LogP contribution in [-0.4, -0.2) is 30.8 Å². The van der Waals surface area contributed by atoms with E-state index in [1.807, 2.05) is 24.4 Å². The minimum atomic E-state index is -0.485. The van der Waals surface area contributed by atoms with E-state index in [4.69, 9.17) is 0 Å². The number of amides is 1. The van der Waals surface area contributed by atoms with E-state index < -0.39 is 10.8 Å². The average molecular weight is 453 g/mol. The monoisotopic (exact) mass is 452 g/mol. The number of nitro benzene ring substituents is 1. The summed E-state index contributed by atoms with van der Waals surface area (Å²) in [5.41, 5.74) is 2.62. The number of benzene rings is 2. The van der Waals surface area contributed by atoms with E-state index in [9.17, 15) is 14.9 Å². The zero-order valence-corrected chi connectivity index (χ0v) is 18.1. The normalized spacial score (nSPS) is 10.8. The standard InChI is InChI=1S/C20H16N6O3S2/c1-12-11-30-20(21-12)31-17-8-6-14(7-9-17)22-19(27)18-13(2)25(24-23-18)15-4-3-5-16(10-15)26(28)29/h3-11H,1-2H3,(H,22,27). The van der Waals surface area contributed by atoms with Gasteiger partial charge in [-0.1, -0.05) is 23.0 Å². The van der Waals surface area contributed by atoms with Crippen LogP contribution in [0.2, 0.25) is 0 Å². The summed E-state index contributed by atoms with van der Waals surface area (Å²) in [5.74, 6) is -0.412. The Morgan fingerprint density at radius 1 is 1.19 bits per heavy atom. The largest absolute Gasteiger partial charge is 0.321 e. The summed E-state index contributed by atoms with van der Waals surface area (Å²) in [7, 11) is 0. The molecule has 31 heavy (non-hydrogen) atoms. The zero-order chi connectivity index (χ0) is 22.0. The molecule has 0 saturated heterocycles. The Labute approximate surface area is 185 Å². The summed E-state index contributed by atoms with van der Waals surface area (Å²) >= 11 is 3.15. The lowest BCUT2D eigenvalue weighted by Gasteiger charge is -2.06. The molecule has 0 bridgehead atoms. The fourth-order valence-electron chi connectivity index (χ4n) is 2.80. The van der Waals surface area contributed by atoms with Crippen molar-refractivity contribution in [1.82, 2.24) is 20.0 Å². The maximum absolute atomic E-state index is 12.7. The summed E-state index contributed by atoms with van der Waals surface area (Å²) in [4.78, 5) is 28.6. The highest BCUT2D eigenvalue weighted by molar-refractivity contribution is 8.01. The molecule has 2 aromatic heterocycles. The summed E-state index contributed by atoms with van der Waals surface area (Å²) < 4.78 is 2.36. The quantitative estimate of drug-likeness (QED) is 0.334.